The van der Waals surface area contributed by atoms with E-state index in [9.17, 15) is 4.79 Å². The number of rotatable bonds is 0. The maximum Gasteiger partial charge on any atom is 0.236 e. The standard InChI is InChI=1S/C5H10N2O2/c1-7-2-4(8)6-5(9)3-7/h4,8H,2-3H2,1H3,(H,6,9). The molecule has 1 unspecified atom stereocenters. The zero-order valence-corrected chi connectivity index (χ0v) is 5.29. The maximum atomic E-state index is 10.6. The smallest absolute Gasteiger partial charge is 0.236 e. The van der Waals surface area contributed by atoms with Gasteiger partial charge in [-0.15, -0.1) is 0 Å². The second-order valence-electron chi connectivity index (χ2n) is 2.28. The molecule has 1 aliphatic heterocycles. The summed E-state index contributed by atoms with van der Waals surface area (Å²) < 4.78 is 0. The average Bonchev–Trinajstić information content (AvgIpc) is 1.59. The molecule has 2 N–H and O–H groups in total. The molecule has 1 heterocycles. The molecule has 1 fully saturated rings. The van der Waals surface area contributed by atoms with Gasteiger partial charge in [0.1, 0.15) is 6.23 Å². The molecular weight excluding hydrogens is 120 g/mol. The van der Waals surface area contributed by atoms with Crippen LogP contribution in [0.15, 0.2) is 0 Å². The van der Waals surface area contributed by atoms with Gasteiger partial charge < -0.3 is 10.4 Å². The summed E-state index contributed by atoms with van der Waals surface area (Å²) in [6.45, 7) is 0.906. The summed E-state index contributed by atoms with van der Waals surface area (Å²) in [5, 5.41) is 11.3. The van der Waals surface area contributed by atoms with E-state index in [4.69, 9.17) is 5.11 Å². The highest BCUT2D eigenvalue weighted by Gasteiger charge is 2.18. The third kappa shape index (κ3) is 1.65. The lowest BCUT2D eigenvalue weighted by atomic mass is 10.3. The lowest BCUT2D eigenvalue weighted by Crippen LogP contribution is -2.52. The van der Waals surface area contributed by atoms with Crippen molar-refractivity contribution in [3.8, 4) is 0 Å². The van der Waals surface area contributed by atoms with Crippen LogP contribution < -0.4 is 5.32 Å². The highest BCUT2D eigenvalue weighted by Crippen LogP contribution is 1.92. The molecule has 52 valence electrons. The lowest BCUT2D eigenvalue weighted by Gasteiger charge is -2.26. The van der Waals surface area contributed by atoms with Gasteiger partial charge in [0.05, 0.1) is 6.54 Å². The number of likely N-dealkylation sites (N-methyl/N-ethyl adjacent to an activating group) is 1. The Morgan fingerprint density at radius 2 is 2.56 bits per heavy atom. The zero-order valence-electron chi connectivity index (χ0n) is 5.29. The van der Waals surface area contributed by atoms with Crippen LogP contribution in [-0.4, -0.2) is 42.3 Å². The third-order valence-electron chi connectivity index (χ3n) is 1.23. The summed E-state index contributed by atoms with van der Waals surface area (Å²) in [7, 11) is 1.79. The van der Waals surface area contributed by atoms with E-state index >= 15 is 0 Å². The van der Waals surface area contributed by atoms with Gasteiger partial charge in [-0.1, -0.05) is 0 Å². The van der Waals surface area contributed by atoms with E-state index in [1.54, 1.807) is 11.9 Å². The lowest BCUT2D eigenvalue weighted by molar-refractivity contribution is -0.129. The van der Waals surface area contributed by atoms with Crippen LogP contribution in [0, 0.1) is 0 Å². The molecule has 0 aromatic rings. The van der Waals surface area contributed by atoms with E-state index in [2.05, 4.69) is 5.32 Å². The number of carbonyl (C=O) groups excluding carboxylic acids is 1. The minimum absolute atomic E-state index is 0.115. The second-order valence-corrected chi connectivity index (χ2v) is 2.28. The molecule has 0 saturated carbocycles. The summed E-state index contributed by atoms with van der Waals surface area (Å²) in [5.74, 6) is -0.115. The van der Waals surface area contributed by atoms with Gasteiger partial charge in [-0.2, -0.15) is 0 Å². The number of piperazine rings is 1. The van der Waals surface area contributed by atoms with Crippen LogP contribution in [0.5, 0.6) is 0 Å². The Morgan fingerprint density at radius 3 is 3.00 bits per heavy atom. The molecular formula is C5H10N2O2. The second kappa shape index (κ2) is 2.33. The molecule has 0 radical (unpaired) electrons. The molecule has 4 heteroatoms. The van der Waals surface area contributed by atoms with Gasteiger partial charge in [-0.3, -0.25) is 9.69 Å². The predicted octanol–water partition coefficient (Wildman–Crippen LogP) is -1.63. The van der Waals surface area contributed by atoms with Crippen LogP contribution in [0.3, 0.4) is 0 Å². The van der Waals surface area contributed by atoms with Gasteiger partial charge in [0, 0.05) is 6.54 Å². The van der Waals surface area contributed by atoms with E-state index in [-0.39, 0.29) is 5.91 Å². The topological polar surface area (TPSA) is 52.6 Å². The number of nitrogens with one attached hydrogen (secondary N) is 1. The summed E-state index contributed by atoms with van der Waals surface area (Å²) in [6.07, 6.45) is -0.684. The van der Waals surface area contributed by atoms with Crippen LogP contribution in [-0.2, 0) is 4.79 Å². The molecule has 1 atom stereocenters. The maximum absolute atomic E-state index is 10.6. The van der Waals surface area contributed by atoms with E-state index < -0.39 is 6.23 Å². The number of nitrogens with zero attached hydrogens (tertiary/aromatic N) is 1. The van der Waals surface area contributed by atoms with Gasteiger partial charge in [0.2, 0.25) is 5.91 Å². The van der Waals surface area contributed by atoms with Crippen molar-refractivity contribution in [2.45, 2.75) is 6.23 Å². The molecule has 0 aromatic heterocycles. The van der Waals surface area contributed by atoms with Crippen molar-refractivity contribution in [3.05, 3.63) is 0 Å². The first-order valence-electron chi connectivity index (χ1n) is 2.84. The van der Waals surface area contributed by atoms with E-state index in [0.717, 1.165) is 0 Å². The fourth-order valence-corrected chi connectivity index (χ4v) is 0.882. The Kier molecular flexibility index (Phi) is 1.68. The molecule has 4 nitrogen and oxygen atoms in total. The highest BCUT2D eigenvalue weighted by atomic mass is 16.3. The number of aliphatic hydroxyl groups is 1. The number of β-amino-alcohol motifs (C(OH)–C–C–N with tert-alkyl or cyclic N) is 1. The first-order valence-corrected chi connectivity index (χ1v) is 2.84. The summed E-state index contributed by atoms with van der Waals surface area (Å²) in [6, 6.07) is 0. The summed E-state index contributed by atoms with van der Waals surface area (Å²) in [4.78, 5) is 12.3. The van der Waals surface area contributed by atoms with Crippen molar-refractivity contribution in [2.75, 3.05) is 20.1 Å². The van der Waals surface area contributed by atoms with Crippen molar-refractivity contribution < 1.29 is 9.90 Å². The molecule has 1 aliphatic rings. The van der Waals surface area contributed by atoms with Crippen molar-refractivity contribution >= 4 is 5.91 Å². The predicted molar refractivity (Wildman–Crippen MR) is 31.6 cm³/mol. The Labute approximate surface area is 53.5 Å². The van der Waals surface area contributed by atoms with E-state index in [0.29, 0.717) is 13.1 Å². The molecule has 1 rings (SSSR count). The number of hydrogen-bond donors (Lipinski definition) is 2. The van der Waals surface area contributed by atoms with Gasteiger partial charge in [-0.25, -0.2) is 0 Å². The quantitative estimate of drug-likeness (QED) is 0.414. The Morgan fingerprint density at radius 1 is 1.89 bits per heavy atom. The highest BCUT2D eigenvalue weighted by molar-refractivity contribution is 5.78. The van der Waals surface area contributed by atoms with Crippen LogP contribution in [0.25, 0.3) is 0 Å². The summed E-state index contributed by atoms with van der Waals surface area (Å²) >= 11 is 0. The average molecular weight is 130 g/mol. The van der Waals surface area contributed by atoms with Crippen molar-refractivity contribution in [1.29, 1.82) is 0 Å². The van der Waals surface area contributed by atoms with Gasteiger partial charge in [0.25, 0.3) is 0 Å². The molecule has 9 heavy (non-hydrogen) atoms. The Balaban J connectivity index is 2.43. The first kappa shape index (κ1) is 6.51. The van der Waals surface area contributed by atoms with Crippen molar-refractivity contribution in [2.24, 2.45) is 0 Å². The van der Waals surface area contributed by atoms with E-state index in [1.807, 2.05) is 0 Å². The van der Waals surface area contributed by atoms with Gasteiger partial charge in [-0.05, 0) is 7.05 Å². The summed E-state index contributed by atoms with van der Waals surface area (Å²) in [5.41, 5.74) is 0. The SMILES string of the molecule is CN1CC(=O)NC(O)C1. The fourth-order valence-electron chi connectivity index (χ4n) is 0.882. The van der Waals surface area contributed by atoms with Gasteiger partial charge in [0.15, 0.2) is 0 Å². The third-order valence-corrected chi connectivity index (χ3v) is 1.23. The first-order chi connectivity index (χ1) is 4.18. The normalized spacial score (nSPS) is 30.0. The number of aliphatic hydroxyl groups excluding tert-OH is 1. The monoisotopic (exact) mass is 130 g/mol. The van der Waals surface area contributed by atoms with Crippen LogP contribution in [0.2, 0.25) is 0 Å². The Bertz CT molecular complexity index is 114. The molecule has 0 bridgehead atoms. The van der Waals surface area contributed by atoms with Crippen LogP contribution in [0.1, 0.15) is 0 Å². The molecule has 1 amide bonds. The largest absolute Gasteiger partial charge is 0.372 e. The molecule has 0 aromatic carbocycles. The fraction of sp³-hybridized carbons (Fsp3) is 0.800. The number of amides is 1. The minimum atomic E-state index is -0.684. The van der Waals surface area contributed by atoms with E-state index in [1.165, 1.54) is 0 Å². The van der Waals surface area contributed by atoms with Gasteiger partial charge >= 0.3 is 0 Å². The molecule has 0 aliphatic carbocycles. The minimum Gasteiger partial charge on any atom is -0.372 e. The van der Waals surface area contributed by atoms with Crippen molar-refractivity contribution in [1.82, 2.24) is 10.2 Å². The number of carbonyl (C=O) groups is 1. The molecule has 0 spiro atoms. The van der Waals surface area contributed by atoms with Crippen LogP contribution in [0.4, 0.5) is 0 Å². The van der Waals surface area contributed by atoms with Crippen molar-refractivity contribution in [3.63, 3.8) is 0 Å². The van der Waals surface area contributed by atoms with Crippen LogP contribution >= 0.6 is 0 Å². The Hall–Kier alpha value is -0.610. The zero-order chi connectivity index (χ0) is 6.85. The number of hydrogen-bond acceptors (Lipinski definition) is 3. The molecule has 1 saturated heterocycles.